The second-order valence-electron chi connectivity index (χ2n) is 7.47. The Morgan fingerprint density at radius 3 is 2.87 bits per heavy atom. The number of halogens is 2. The minimum Gasteiger partial charge on any atom is -0.311 e. The molecule has 2 unspecified atom stereocenters. The fourth-order valence-corrected chi connectivity index (χ4v) is 4.95. The molecular formula is C21H19F2N5O2S. The zero-order valence-electron chi connectivity index (χ0n) is 16.3. The summed E-state index contributed by atoms with van der Waals surface area (Å²) in [5, 5.41) is 0.272. The Kier molecular flexibility index (Phi) is 5.20. The van der Waals surface area contributed by atoms with Crippen molar-refractivity contribution in [3.8, 4) is 0 Å². The van der Waals surface area contributed by atoms with Gasteiger partial charge in [0.1, 0.15) is 6.17 Å². The van der Waals surface area contributed by atoms with Crippen LogP contribution in [0, 0.1) is 17.6 Å². The monoisotopic (exact) mass is 443 g/mol. The number of hydrogen-bond acceptors (Lipinski definition) is 6. The van der Waals surface area contributed by atoms with Crippen molar-refractivity contribution in [2.24, 2.45) is 10.9 Å². The van der Waals surface area contributed by atoms with Crippen LogP contribution in [0.1, 0.15) is 5.56 Å². The van der Waals surface area contributed by atoms with E-state index in [1.165, 1.54) is 11.0 Å². The number of amides is 2. The van der Waals surface area contributed by atoms with Gasteiger partial charge in [0.05, 0.1) is 17.4 Å². The molecule has 3 heterocycles. The van der Waals surface area contributed by atoms with Crippen LogP contribution in [0.15, 0.2) is 47.5 Å². The largest absolute Gasteiger partial charge is 0.311 e. The van der Waals surface area contributed by atoms with Gasteiger partial charge in [-0.3, -0.25) is 19.9 Å². The highest BCUT2D eigenvalue weighted by atomic mass is 32.2. The molecule has 2 amide bonds. The van der Waals surface area contributed by atoms with Gasteiger partial charge in [0, 0.05) is 24.8 Å². The van der Waals surface area contributed by atoms with E-state index >= 15 is 0 Å². The number of nitrogens with zero attached hydrogens (tertiary/aromatic N) is 3. The number of nitrogens with one attached hydrogen (secondary N) is 2. The Bertz CT molecular complexity index is 1100. The summed E-state index contributed by atoms with van der Waals surface area (Å²) in [6.07, 6.45) is 0.325. The summed E-state index contributed by atoms with van der Waals surface area (Å²) < 4.78 is 27.3. The second-order valence-corrected chi connectivity index (χ2v) is 8.42. The van der Waals surface area contributed by atoms with Gasteiger partial charge in [0.15, 0.2) is 16.8 Å². The third-order valence-corrected chi connectivity index (χ3v) is 6.54. The first-order chi connectivity index (χ1) is 15.0. The number of aliphatic imine (C=N–C) groups is 1. The SMILES string of the molecule is O=C(CSC1=NC2NNCC2C(=O)N1c1ccc(F)c(F)c1)N1CCc2ccccc21. The predicted octanol–water partition coefficient (Wildman–Crippen LogP) is 2.04. The molecule has 5 rings (SSSR count). The van der Waals surface area contributed by atoms with Crippen molar-refractivity contribution in [3.63, 3.8) is 0 Å². The van der Waals surface area contributed by atoms with E-state index in [4.69, 9.17) is 0 Å². The summed E-state index contributed by atoms with van der Waals surface area (Å²) in [6, 6.07) is 11.0. The molecule has 2 aromatic rings. The molecule has 2 atom stereocenters. The summed E-state index contributed by atoms with van der Waals surface area (Å²) in [5.41, 5.74) is 8.05. The topological polar surface area (TPSA) is 77.0 Å². The number of fused-ring (bicyclic) bond motifs is 2. The number of benzene rings is 2. The van der Waals surface area contributed by atoms with E-state index in [2.05, 4.69) is 15.8 Å². The van der Waals surface area contributed by atoms with E-state index in [1.54, 1.807) is 4.90 Å². The molecule has 3 aliphatic rings. The maximum Gasteiger partial charge on any atom is 0.241 e. The highest BCUT2D eigenvalue weighted by Crippen LogP contribution is 2.32. The van der Waals surface area contributed by atoms with Crippen LogP contribution in [-0.4, -0.2) is 42.0 Å². The molecule has 0 saturated carbocycles. The van der Waals surface area contributed by atoms with Crippen molar-refractivity contribution >= 4 is 40.1 Å². The molecule has 1 saturated heterocycles. The maximum atomic E-state index is 13.9. The standard InChI is InChI=1S/C21H19F2N5O2S/c22-15-6-5-13(9-16(15)23)28-20(30)14-10-24-26-19(14)25-21(28)31-11-18(29)27-8-7-12-3-1-2-4-17(12)27/h1-6,9,14,19,24,26H,7-8,10-11H2. The minimum atomic E-state index is -1.05. The molecule has 3 aliphatic heterocycles. The molecule has 2 N–H and O–H groups in total. The Morgan fingerprint density at radius 1 is 1.19 bits per heavy atom. The third kappa shape index (κ3) is 3.60. The molecule has 0 aliphatic carbocycles. The summed E-state index contributed by atoms with van der Waals surface area (Å²) in [4.78, 5) is 33.6. The predicted molar refractivity (Wildman–Crippen MR) is 115 cm³/mol. The van der Waals surface area contributed by atoms with Crippen LogP contribution in [0.4, 0.5) is 20.2 Å². The lowest BCUT2D eigenvalue weighted by molar-refractivity contribution is -0.121. The molecule has 31 heavy (non-hydrogen) atoms. The molecule has 0 bridgehead atoms. The Morgan fingerprint density at radius 2 is 2.03 bits per heavy atom. The smallest absolute Gasteiger partial charge is 0.241 e. The molecular weight excluding hydrogens is 424 g/mol. The number of carbonyl (C=O) groups excluding carboxylic acids is 2. The normalized spacial score (nSPS) is 22.4. The molecule has 2 aromatic carbocycles. The van der Waals surface area contributed by atoms with Crippen LogP contribution in [0.5, 0.6) is 0 Å². The molecule has 0 radical (unpaired) electrons. The van der Waals surface area contributed by atoms with Gasteiger partial charge in [-0.1, -0.05) is 30.0 Å². The van der Waals surface area contributed by atoms with Crippen LogP contribution < -0.4 is 20.7 Å². The van der Waals surface area contributed by atoms with Crippen molar-refractivity contribution < 1.29 is 18.4 Å². The lowest BCUT2D eigenvalue weighted by Gasteiger charge is -2.32. The van der Waals surface area contributed by atoms with Crippen molar-refractivity contribution in [1.29, 1.82) is 0 Å². The zero-order chi connectivity index (χ0) is 21.5. The zero-order valence-corrected chi connectivity index (χ0v) is 17.2. The highest BCUT2D eigenvalue weighted by Gasteiger charge is 2.42. The van der Waals surface area contributed by atoms with E-state index in [-0.39, 0.29) is 28.4 Å². The maximum absolute atomic E-state index is 13.9. The average molecular weight is 443 g/mol. The van der Waals surface area contributed by atoms with Crippen molar-refractivity contribution in [2.75, 3.05) is 28.6 Å². The van der Waals surface area contributed by atoms with E-state index in [0.717, 1.165) is 41.6 Å². The summed E-state index contributed by atoms with van der Waals surface area (Å²) in [7, 11) is 0. The number of hydrazine groups is 1. The van der Waals surface area contributed by atoms with Crippen molar-refractivity contribution in [1.82, 2.24) is 10.9 Å². The summed E-state index contributed by atoms with van der Waals surface area (Å²) in [6.45, 7) is 0.974. The second kappa shape index (κ2) is 8.03. The van der Waals surface area contributed by atoms with Crippen LogP contribution in [-0.2, 0) is 16.0 Å². The van der Waals surface area contributed by atoms with Gasteiger partial charge in [-0.15, -0.1) is 0 Å². The fourth-order valence-electron chi connectivity index (χ4n) is 4.03. The lowest BCUT2D eigenvalue weighted by atomic mass is 10.0. The van der Waals surface area contributed by atoms with Gasteiger partial charge < -0.3 is 4.90 Å². The van der Waals surface area contributed by atoms with Gasteiger partial charge in [-0.05, 0) is 30.2 Å². The van der Waals surface area contributed by atoms with Crippen LogP contribution in [0.2, 0.25) is 0 Å². The molecule has 0 aromatic heterocycles. The average Bonchev–Trinajstić information content (AvgIpc) is 3.41. The summed E-state index contributed by atoms with van der Waals surface area (Å²) >= 11 is 1.11. The number of rotatable bonds is 3. The molecule has 0 spiro atoms. The lowest BCUT2D eigenvalue weighted by Crippen LogP contribution is -2.49. The third-order valence-electron chi connectivity index (χ3n) is 5.61. The minimum absolute atomic E-state index is 0.0610. The molecule has 7 nitrogen and oxygen atoms in total. The van der Waals surface area contributed by atoms with Crippen molar-refractivity contribution in [3.05, 3.63) is 59.7 Å². The number of anilines is 2. The number of amidine groups is 1. The van der Waals surface area contributed by atoms with Gasteiger partial charge in [0.2, 0.25) is 11.8 Å². The van der Waals surface area contributed by atoms with E-state index in [9.17, 15) is 18.4 Å². The quantitative estimate of drug-likeness (QED) is 0.759. The van der Waals surface area contributed by atoms with E-state index < -0.39 is 23.7 Å². The molecule has 10 heteroatoms. The number of hydrogen-bond donors (Lipinski definition) is 2. The van der Waals surface area contributed by atoms with Crippen LogP contribution >= 0.6 is 11.8 Å². The van der Waals surface area contributed by atoms with Gasteiger partial charge in [-0.2, -0.15) is 0 Å². The highest BCUT2D eigenvalue weighted by molar-refractivity contribution is 8.14. The fraction of sp³-hybridized carbons (Fsp3) is 0.286. The first-order valence-electron chi connectivity index (χ1n) is 9.89. The number of para-hydroxylation sites is 1. The van der Waals surface area contributed by atoms with E-state index in [1.807, 2.05) is 24.3 Å². The van der Waals surface area contributed by atoms with Crippen molar-refractivity contribution in [2.45, 2.75) is 12.6 Å². The van der Waals surface area contributed by atoms with Gasteiger partial charge in [-0.25, -0.2) is 19.2 Å². The van der Waals surface area contributed by atoms with Crippen LogP contribution in [0.25, 0.3) is 0 Å². The Hall–Kier alpha value is -2.82. The van der Waals surface area contributed by atoms with Gasteiger partial charge >= 0.3 is 0 Å². The number of thioether (sulfide) groups is 1. The number of carbonyl (C=O) groups is 2. The first-order valence-corrected chi connectivity index (χ1v) is 10.9. The van der Waals surface area contributed by atoms with Gasteiger partial charge in [0.25, 0.3) is 0 Å². The van der Waals surface area contributed by atoms with E-state index in [0.29, 0.717) is 13.1 Å². The molecule has 160 valence electrons. The Balaban J connectivity index is 1.39. The van der Waals surface area contributed by atoms with Crippen LogP contribution in [0.3, 0.4) is 0 Å². The molecule has 1 fully saturated rings. The Labute approximate surface area is 181 Å². The summed E-state index contributed by atoms with van der Waals surface area (Å²) in [5.74, 6) is -2.85. The first kappa shape index (κ1) is 20.1.